The standard InChI is InChI=1S/C20H24N6O/c1-2-10-24-11-13-25(14-12-24)19(17-7-4-3-5-8-17)20-21-22-23-26(20)16-18-9-6-15-27-18/h2-9,15,19H,1,10-14,16H2/p+2/t19-/m0/s1. The quantitative estimate of drug-likeness (QED) is 0.547. The average molecular weight is 366 g/mol. The highest BCUT2D eigenvalue weighted by Crippen LogP contribution is 2.17. The maximum Gasteiger partial charge on any atom is 0.214 e. The maximum atomic E-state index is 5.50. The van der Waals surface area contributed by atoms with Crippen LogP contribution in [0.4, 0.5) is 0 Å². The lowest BCUT2D eigenvalue weighted by molar-refractivity contribution is -1.02. The van der Waals surface area contributed by atoms with E-state index in [0.29, 0.717) is 6.54 Å². The van der Waals surface area contributed by atoms with Gasteiger partial charge in [0.2, 0.25) is 5.82 Å². The number of hydrogen-bond acceptors (Lipinski definition) is 4. The van der Waals surface area contributed by atoms with Crippen LogP contribution in [0.15, 0.2) is 65.8 Å². The zero-order valence-electron chi connectivity index (χ0n) is 15.4. The smallest absolute Gasteiger partial charge is 0.214 e. The first-order chi connectivity index (χ1) is 13.3. The van der Waals surface area contributed by atoms with Crippen LogP contribution in [0.25, 0.3) is 0 Å². The number of piperazine rings is 1. The molecule has 0 aliphatic carbocycles. The van der Waals surface area contributed by atoms with Gasteiger partial charge in [-0.2, -0.15) is 0 Å². The molecule has 1 aromatic carbocycles. The Morgan fingerprint density at radius 2 is 1.93 bits per heavy atom. The zero-order valence-corrected chi connectivity index (χ0v) is 15.4. The lowest BCUT2D eigenvalue weighted by Gasteiger charge is -2.33. The monoisotopic (exact) mass is 366 g/mol. The molecule has 1 saturated heterocycles. The lowest BCUT2D eigenvalue weighted by atomic mass is 10.0. The second kappa shape index (κ2) is 8.28. The van der Waals surface area contributed by atoms with E-state index in [1.54, 1.807) is 11.2 Å². The molecule has 0 spiro atoms. The predicted octanol–water partition coefficient (Wildman–Crippen LogP) is -0.627. The van der Waals surface area contributed by atoms with Crippen LogP contribution in [0.3, 0.4) is 0 Å². The molecular weight excluding hydrogens is 340 g/mol. The van der Waals surface area contributed by atoms with Gasteiger partial charge in [-0.3, -0.25) is 0 Å². The van der Waals surface area contributed by atoms with E-state index in [9.17, 15) is 0 Å². The summed E-state index contributed by atoms with van der Waals surface area (Å²) in [6.07, 6.45) is 3.69. The Bertz CT molecular complexity index is 837. The van der Waals surface area contributed by atoms with Crippen LogP contribution in [-0.2, 0) is 6.54 Å². The number of benzene rings is 1. The summed E-state index contributed by atoms with van der Waals surface area (Å²) < 4.78 is 7.37. The Labute approximate surface area is 158 Å². The molecule has 0 amide bonds. The van der Waals surface area contributed by atoms with Crippen molar-refractivity contribution in [1.29, 1.82) is 0 Å². The van der Waals surface area contributed by atoms with Gasteiger partial charge in [-0.05, 0) is 28.6 Å². The Hall–Kier alpha value is -2.77. The number of furan rings is 1. The molecule has 140 valence electrons. The van der Waals surface area contributed by atoms with E-state index in [-0.39, 0.29) is 6.04 Å². The zero-order chi connectivity index (χ0) is 18.5. The van der Waals surface area contributed by atoms with Crippen molar-refractivity contribution >= 4 is 0 Å². The molecule has 0 saturated carbocycles. The van der Waals surface area contributed by atoms with E-state index < -0.39 is 0 Å². The third-order valence-corrected chi connectivity index (χ3v) is 5.28. The average Bonchev–Trinajstić information content (AvgIpc) is 3.38. The Balaban J connectivity index is 1.62. The van der Waals surface area contributed by atoms with E-state index in [1.165, 1.54) is 10.5 Å². The van der Waals surface area contributed by atoms with Gasteiger partial charge in [-0.15, -0.1) is 5.10 Å². The molecule has 0 radical (unpaired) electrons. The number of nitrogens with one attached hydrogen (secondary N) is 2. The minimum atomic E-state index is 0.112. The van der Waals surface area contributed by atoms with Crippen molar-refractivity contribution in [2.75, 3.05) is 32.7 Å². The summed E-state index contributed by atoms with van der Waals surface area (Å²) in [4.78, 5) is 3.10. The van der Waals surface area contributed by atoms with Crippen molar-refractivity contribution in [2.45, 2.75) is 12.6 Å². The van der Waals surface area contributed by atoms with Crippen LogP contribution < -0.4 is 9.80 Å². The molecule has 7 nitrogen and oxygen atoms in total. The Morgan fingerprint density at radius 3 is 2.63 bits per heavy atom. The molecule has 1 aliphatic rings. The van der Waals surface area contributed by atoms with Gasteiger partial charge in [-0.1, -0.05) is 36.9 Å². The molecule has 3 heterocycles. The molecule has 1 atom stereocenters. The highest BCUT2D eigenvalue weighted by molar-refractivity contribution is 5.22. The van der Waals surface area contributed by atoms with E-state index in [0.717, 1.165) is 44.3 Å². The number of aromatic nitrogens is 4. The van der Waals surface area contributed by atoms with Gasteiger partial charge in [0.1, 0.15) is 38.5 Å². The first-order valence-electron chi connectivity index (χ1n) is 9.47. The molecule has 0 unspecified atom stereocenters. The van der Waals surface area contributed by atoms with Crippen molar-refractivity contribution < 1.29 is 14.2 Å². The van der Waals surface area contributed by atoms with E-state index in [4.69, 9.17) is 4.42 Å². The van der Waals surface area contributed by atoms with Crippen molar-refractivity contribution in [1.82, 2.24) is 20.2 Å². The molecule has 1 aliphatic heterocycles. The Morgan fingerprint density at radius 1 is 1.11 bits per heavy atom. The summed E-state index contributed by atoms with van der Waals surface area (Å²) in [6, 6.07) is 14.5. The summed E-state index contributed by atoms with van der Waals surface area (Å²) in [7, 11) is 0. The summed E-state index contributed by atoms with van der Waals surface area (Å²) >= 11 is 0. The predicted molar refractivity (Wildman–Crippen MR) is 100 cm³/mol. The van der Waals surface area contributed by atoms with E-state index in [2.05, 4.69) is 46.4 Å². The molecule has 27 heavy (non-hydrogen) atoms. The largest absolute Gasteiger partial charge is 0.467 e. The summed E-state index contributed by atoms with van der Waals surface area (Å²) in [5, 5.41) is 12.6. The molecule has 7 heteroatoms. The van der Waals surface area contributed by atoms with Gasteiger partial charge in [0, 0.05) is 5.56 Å². The highest BCUT2D eigenvalue weighted by Gasteiger charge is 2.35. The van der Waals surface area contributed by atoms with Gasteiger partial charge in [-0.25, -0.2) is 4.68 Å². The van der Waals surface area contributed by atoms with E-state index in [1.807, 2.05) is 29.0 Å². The first-order valence-corrected chi connectivity index (χ1v) is 9.47. The van der Waals surface area contributed by atoms with Crippen molar-refractivity contribution in [2.24, 2.45) is 0 Å². The van der Waals surface area contributed by atoms with Crippen LogP contribution in [0.2, 0.25) is 0 Å². The van der Waals surface area contributed by atoms with Gasteiger partial charge < -0.3 is 14.2 Å². The molecule has 0 bridgehead atoms. The number of rotatable bonds is 7. The fourth-order valence-corrected chi connectivity index (χ4v) is 3.92. The molecule has 4 rings (SSSR count). The van der Waals surface area contributed by atoms with Crippen LogP contribution in [0.1, 0.15) is 23.2 Å². The normalized spacial score (nSPS) is 21.0. The molecule has 3 aromatic rings. The third-order valence-electron chi connectivity index (χ3n) is 5.28. The second-order valence-electron chi connectivity index (χ2n) is 7.02. The summed E-state index contributed by atoms with van der Waals surface area (Å²) in [6.45, 7) is 9.86. The highest BCUT2D eigenvalue weighted by atomic mass is 16.3. The second-order valence-corrected chi connectivity index (χ2v) is 7.02. The van der Waals surface area contributed by atoms with Gasteiger partial charge in [0.05, 0.1) is 12.8 Å². The van der Waals surface area contributed by atoms with Gasteiger partial charge in [0.25, 0.3) is 0 Å². The van der Waals surface area contributed by atoms with E-state index >= 15 is 0 Å². The van der Waals surface area contributed by atoms with Gasteiger partial charge >= 0.3 is 0 Å². The van der Waals surface area contributed by atoms with Crippen LogP contribution >= 0.6 is 0 Å². The lowest BCUT2D eigenvalue weighted by Crippen LogP contribution is -3.28. The minimum Gasteiger partial charge on any atom is -0.467 e. The first kappa shape index (κ1) is 17.6. The molecular formula is C20H26N6O+2. The molecule has 2 aromatic heterocycles. The van der Waals surface area contributed by atoms with Crippen LogP contribution in [-0.4, -0.2) is 52.9 Å². The SMILES string of the molecule is C=CC[NH+]1CC[NH+]([C@@H](c2ccccc2)c2nnnn2Cc2ccco2)CC1. The minimum absolute atomic E-state index is 0.112. The number of nitrogens with zero attached hydrogens (tertiary/aromatic N) is 4. The topological polar surface area (TPSA) is 65.6 Å². The summed E-state index contributed by atoms with van der Waals surface area (Å²) in [5.41, 5.74) is 1.25. The van der Waals surface area contributed by atoms with Gasteiger partial charge in [0.15, 0.2) is 6.04 Å². The van der Waals surface area contributed by atoms with Crippen molar-refractivity contribution in [3.8, 4) is 0 Å². The number of tetrazole rings is 1. The maximum absolute atomic E-state index is 5.50. The van der Waals surface area contributed by atoms with Crippen LogP contribution in [0, 0.1) is 0 Å². The fourth-order valence-electron chi connectivity index (χ4n) is 3.92. The van der Waals surface area contributed by atoms with Crippen molar-refractivity contribution in [3.05, 3.63) is 78.5 Å². The Kier molecular flexibility index (Phi) is 5.41. The number of quaternary nitrogens is 2. The summed E-state index contributed by atoms with van der Waals surface area (Å²) in [5.74, 6) is 1.74. The van der Waals surface area contributed by atoms with Crippen LogP contribution in [0.5, 0.6) is 0 Å². The number of hydrogen-bond donors (Lipinski definition) is 2. The van der Waals surface area contributed by atoms with Crippen molar-refractivity contribution in [3.63, 3.8) is 0 Å². The fraction of sp³-hybridized carbons (Fsp3) is 0.350. The molecule has 1 fully saturated rings. The molecule has 2 N–H and O–H groups in total. The third kappa shape index (κ3) is 3.99.